The van der Waals surface area contributed by atoms with Crippen LogP contribution in [0.3, 0.4) is 0 Å². The molecule has 0 saturated heterocycles. The first-order valence-corrected chi connectivity index (χ1v) is 11.4. The Balaban J connectivity index is 1.80. The summed E-state index contributed by atoms with van der Waals surface area (Å²) < 4.78 is 3.85. The van der Waals surface area contributed by atoms with E-state index in [2.05, 4.69) is 14.9 Å². The molecule has 0 spiro atoms. The van der Waals surface area contributed by atoms with Crippen LogP contribution >= 0.6 is 11.5 Å². The van der Waals surface area contributed by atoms with E-state index in [0.29, 0.717) is 5.69 Å². The number of aromatic nitrogens is 2. The van der Waals surface area contributed by atoms with Crippen molar-refractivity contribution in [1.82, 2.24) is 14.9 Å². The van der Waals surface area contributed by atoms with Gasteiger partial charge in [0.2, 0.25) is 5.91 Å². The average molecular weight is 435 g/mol. The van der Waals surface area contributed by atoms with Crippen molar-refractivity contribution in [2.75, 3.05) is 4.90 Å². The number of nitrogens with zero attached hydrogens (tertiary/aromatic N) is 3. The molecule has 1 aliphatic rings. The maximum Gasteiger partial charge on any atom is 0.280 e. The minimum absolute atomic E-state index is 0.149. The van der Waals surface area contributed by atoms with Crippen LogP contribution in [-0.2, 0) is 4.79 Å². The maximum absolute atomic E-state index is 13.6. The van der Waals surface area contributed by atoms with Crippen molar-refractivity contribution in [3.05, 3.63) is 76.3 Å². The molecule has 1 aliphatic carbocycles. The molecule has 0 aliphatic heterocycles. The molecule has 6 nitrogen and oxygen atoms in total. The number of carbonyl (C=O) groups excluding carboxylic acids is 2. The fraction of sp³-hybridized carbons (Fsp3) is 0.333. The van der Waals surface area contributed by atoms with Crippen LogP contribution < -0.4 is 10.2 Å². The summed E-state index contributed by atoms with van der Waals surface area (Å²) in [6.45, 7) is 3.97. The summed E-state index contributed by atoms with van der Waals surface area (Å²) in [7, 11) is 0. The van der Waals surface area contributed by atoms with Crippen LogP contribution in [0.2, 0.25) is 0 Å². The Labute approximate surface area is 186 Å². The molecule has 1 heterocycles. The van der Waals surface area contributed by atoms with Crippen molar-refractivity contribution in [3.63, 3.8) is 0 Å². The van der Waals surface area contributed by atoms with E-state index in [1.807, 2.05) is 62.4 Å². The molecule has 7 heteroatoms. The van der Waals surface area contributed by atoms with Gasteiger partial charge >= 0.3 is 0 Å². The van der Waals surface area contributed by atoms with Crippen LogP contribution in [0.4, 0.5) is 5.69 Å². The van der Waals surface area contributed by atoms with Crippen molar-refractivity contribution in [2.24, 2.45) is 0 Å². The maximum atomic E-state index is 13.6. The van der Waals surface area contributed by atoms with E-state index in [1.165, 1.54) is 0 Å². The largest absolute Gasteiger partial charge is 0.351 e. The SMILES string of the molecule is Cc1ccc([C@H](C(=O)NC2CCCC2)N(C(=O)c2csnn2)c2cccc(C)c2)cc1. The van der Waals surface area contributed by atoms with Crippen LogP contribution in [0.25, 0.3) is 0 Å². The molecule has 1 saturated carbocycles. The summed E-state index contributed by atoms with van der Waals surface area (Å²) in [6, 6.07) is 14.8. The van der Waals surface area contributed by atoms with E-state index in [1.54, 1.807) is 10.3 Å². The van der Waals surface area contributed by atoms with Gasteiger partial charge < -0.3 is 5.32 Å². The lowest BCUT2D eigenvalue weighted by atomic mass is 10.0. The highest BCUT2D eigenvalue weighted by Crippen LogP contribution is 2.31. The number of carbonyl (C=O) groups is 2. The highest BCUT2D eigenvalue weighted by atomic mass is 32.1. The van der Waals surface area contributed by atoms with E-state index in [4.69, 9.17) is 0 Å². The molecule has 0 bridgehead atoms. The fourth-order valence-corrected chi connectivity index (χ4v) is 4.49. The van der Waals surface area contributed by atoms with E-state index < -0.39 is 6.04 Å². The normalized spacial score (nSPS) is 14.9. The lowest BCUT2D eigenvalue weighted by Crippen LogP contribution is -2.46. The standard InChI is InChI=1S/C24H26N4O2S/c1-16-10-12-18(13-11-16)22(23(29)25-19-7-3-4-8-19)28(20-9-5-6-17(2)14-20)24(30)21-15-31-27-26-21/h5-6,9-15,19,22H,3-4,7-8H2,1-2H3,(H,25,29)/t22-/m1/s1. The summed E-state index contributed by atoms with van der Waals surface area (Å²) in [5.74, 6) is -0.514. The second-order valence-electron chi connectivity index (χ2n) is 8.11. The Hall–Kier alpha value is -3.06. The topological polar surface area (TPSA) is 75.2 Å². The third-order valence-corrected chi connectivity index (χ3v) is 6.18. The summed E-state index contributed by atoms with van der Waals surface area (Å²) in [5.41, 5.74) is 3.75. The van der Waals surface area contributed by atoms with Gasteiger partial charge in [-0.05, 0) is 61.5 Å². The van der Waals surface area contributed by atoms with Gasteiger partial charge in [0.1, 0.15) is 6.04 Å². The number of nitrogens with one attached hydrogen (secondary N) is 1. The zero-order valence-corrected chi connectivity index (χ0v) is 18.6. The van der Waals surface area contributed by atoms with Gasteiger partial charge in [-0.2, -0.15) is 0 Å². The Bertz CT molecular complexity index is 1040. The Morgan fingerprint density at radius 1 is 1.06 bits per heavy atom. The number of benzene rings is 2. The third-order valence-electron chi connectivity index (χ3n) is 5.68. The van der Waals surface area contributed by atoms with Crippen molar-refractivity contribution in [1.29, 1.82) is 0 Å². The van der Waals surface area contributed by atoms with Crippen molar-refractivity contribution >= 4 is 29.0 Å². The lowest BCUT2D eigenvalue weighted by Gasteiger charge is -2.32. The van der Waals surface area contributed by atoms with Gasteiger partial charge in [0.15, 0.2) is 5.69 Å². The van der Waals surface area contributed by atoms with Crippen LogP contribution in [0, 0.1) is 13.8 Å². The molecule has 2 amide bonds. The molecule has 31 heavy (non-hydrogen) atoms. The first kappa shape index (κ1) is 21.2. The van der Waals surface area contributed by atoms with E-state index in [-0.39, 0.29) is 23.6 Å². The number of anilines is 1. The number of aryl methyl sites for hydroxylation is 2. The first-order valence-electron chi connectivity index (χ1n) is 10.6. The van der Waals surface area contributed by atoms with Gasteiger partial charge in [0, 0.05) is 17.1 Å². The van der Waals surface area contributed by atoms with Gasteiger partial charge in [0.25, 0.3) is 5.91 Å². The van der Waals surface area contributed by atoms with Crippen molar-refractivity contribution in [2.45, 2.75) is 51.6 Å². The summed E-state index contributed by atoms with van der Waals surface area (Å²) in [6.07, 6.45) is 4.18. The highest BCUT2D eigenvalue weighted by molar-refractivity contribution is 7.03. The summed E-state index contributed by atoms with van der Waals surface area (Å²) >= 11 is 1.12. The molecule has 4 rings (SSSR count). The predicted molar refractivity (Wildman–Crippen MR) is 122 cm³/mol. The second-order valence-corrected chi connectivity index (χ2v) is 8.72. The molecule has 160 valence electrons. The molecule has 0 unspecified atom stereocenters. The molecular formula is C24H26N4O2S. The molecule has 1 atom stereocenters. The van der Waals surface area contributed by atoms with Crippen LogP contribution in [0.5, 0.6) is 0 Å². The summed E-state index contributed by atoms with van der Waals surface area (Å²) in [5, 5.41) is 8.79. The minimum atomic E-state index is -0.808. The molecule has 1 N–H and O–H groups in total. The predicted octanol–water partition coefficient (Wildman–Crippen LogP) is 4.60. The van der Waals surface area contributed by atoms with Crippen molar-refractivity contribution in [3.8, 4) is 0 Å². The fourth-order valence-electron chi connectivity index (χ4n) is 4.06. The number of rotatable bonds is 6. The van der Waals surface area contributed by atoms with Crippen LogP contribution in [0.15, 0.2) is 53.9 Å². The quantitative estimate of drug-likeness (QED) is 0.615. The minimum Gasteiger partial charge on any atom is -0.351 e. The molecular weight excluding hydrogens is 408 g/mol. The smallest absolute Gasteiger partial charge is 0.280 e. The first-order chi connectivity index (χ1) is 15.0. The number of amides is 2. The van der Waals surface area contributed by atoms with Gasteiger partial charge in [-0.1, -0.05) is 59.3 Å². The Kier molecular flexibility index (Phi) is 6.42. The van der Waals surface area contributed by atoms with Gasteiger partial charge in [-0.25, -0.2) is 0 Å². The van der Waals surface area contributed by atoms with E-state index in [0.717, 1.165) is 53.9 Å². The third kappa shape index (κ3) is 4.82. The highest BCUT2D eigenvalue weighted by Gasteiger charge is 2.35. The molecule has 0 radical (unpaired) electrons. The molecule has 1 fully saturated rings. The van der Waals surface area contributed by atoms with E-state index in [9.17, 15) is 9.59 Å². The average Bonchev–Trinajstić information content (AvgIpc) is 3.46. The van der Waals surface area contributed by atoms with E-state index >= 15 is 0 Å². The van der Waals surface area contributed by atoms with Crippen molar-refractivity contribution < 1.29 is 9.59 Å². The van der Waals surface area contributed by atoms with Gasteiger partial charge in [0.05, 0.1) is 0 Å². The zero-order valence-electron chi connectivity index (χ0n) is 17.7. The molecule has 3 aromatic rings. The Morgan fingerprint density at radius 3 is 2.45 bits per heavy atom. The van der Waals surface area contributed by atoms with Gasteiger partial charge in [-0.3, -0.25) is 14.5 Å². The zero-order chi connectivity index (χ0) is 21.8. The second kappa shape index (κ2) is 9.39. The number of hydrogen-bond acceptors (Lipinski definition) is 5. The lowest BCUT2D eigenvalue weighted by molar-refractivity contribution is -0.123. The monoisotopic (exact) mass is 434 g/mol. The van der Waals surface area contributed by atoms with Gasteiger partial charge in [-0.15, -0.1) is 5.10 Å². The molecule has 2 aromatic carbocycles. The van der Waals surface area contributed by atoms with Crippen LogP contribution in [0.1, 0.15) is 58.9 Å². The molecule has 1 aromatic heterocycles. The summed E-state index contributed by atoms with van der Waals surface area (Å²) in [4.78, 5) is 28.8. The van der Waals surface area contributed by atoms with Crippen LogP contribution in [-0.4, -0.2) is 27.4 Å². The number of hydrogen-bond donors (Lipinski definition) is 1. The Morgan fingerprint density at radius 2 is 1.81 bits per heavy atom.